The average molecular weight is 187 g/mol. The van der Waals surface area contributed by atoms with Crippen molar-refractivity contribution < 1.29 is 4.79 Å². The van der Waals surface area contributed by atoms with Crippen molar-refractivity contribution in [1.82, 2.24) is 10.6 Å². The quantitative estimate of drug-likeness (QED) is 0.539. The van der Waals surface area contributed by atoms with Gasteiger partial charge in [0.25, 0.3) is 0 Å². The van der Waals surface area contributed by atoms with Crippen molar-refractivity contribution in [2.45, 2.75) is 39.2 Å². The van der Waals surface area contributed by atoms with Crippen LogP contribution in [0.25, 0.3) is 0 Å². The molecule has 0 rings (SSSR count). The van der Waals surface area contributed by atoms with Gasteiger partial charge in [-0.05, 0) is 26.2 Å². The van der Waals surface area contributed by atoms with Crippen LogP contribution in [0.1, 0.15) is 33.1 Å². The van der Waals surface area contributed by atoms with Gasteiger partial charge in [-0.2, -0.15) is 0 Å². The molecular weight excluding hydrogens is 166 g/mol. The first-order valence-corrected chi connectivity index (χ1v) is 4.94. The van der Waals surface area contributed by atoms with Crippen molar-refractivity contribution in [1.29, 1.82) is 0 Å². The van der Waals surface area contributed by atoms with Gasteiger partial charge in [-0.25, -0.2) is 4.79 Å². The van der Waals surface area contributed by atoms with E-state index >= 15 is 0 Å². The van der Waals surface area contributed by atoms with E-state index in [1.165, 1.54) is 0 Å². The second-order valence-electron chi connectivity index (χ2n) is 3.30. The number of rotatable bonds is 6. The summed E-state index contributed by atoms with van der Waals surface area (Å²) in [5.74, 6) is 0. The first kappa shape index (κ1) is 12.2. The highest BCUT2D eigenvalue weighted by Crippen LogP contribution is 1.90. The number of carbonyl (C=O) groups is 1. The summed E-state index contributed by atoms with van der Waals surface area (Å²) in [6.45, 7) is 5.43. The molecule has 0 aliphatic rings. The van der Waals surface area contributed by atoms with Crippen LogP contribution in [0.15, 0.2) is 0 Å². The van der Waals surface area contributed by atoms with Gasteiger partial charge in [0.05, 0.1) is 0 Å². The Bertz CT molecular complexity index is 137. The highest BCUT2D eigenvalue weighted by Gasteiger charge is 1.98. The molecule has 0 saturated heterocycles. The van der Waals surface area contributed by atoms with Crippen LogP contribution >= 0.6 is 0 Å². The molecule has 0 aliphatic heterocycles. The molecule has 13 heavy (non-hydrogen) atoms. The standard InChI is InChI=1S/C9H21N3O/c1-3-6-11-9(13)12-7-4-5-8(2)10/h8H,3-7,10H2,1-2H3,(H2,11,12,13). The van der Waals surface area contributed by atoms with E-state index in [1.807, 2.05) is 13.8 Å². The molecule has 4 heteroatoms. The highest BCUT2D eigenvalue weighted by atomic mass is 16.2. The summed E-state index contributed by atoms with van der Waals surface area (Å²) < 4.78 is 0. The minimum absolute atomic E-state index is 0.0773. The SMILES string of the molecule is CCCNC(=O)NCCCC(C)N. The number of carbonyl (C=O) groups excluding carboxylic acids is 1. The van der Waals surface area contributed by atoms with Gasteiger partial charge in [-0.3, -0.25) is 0 Å². The van der Waals surface area contributed by atoms with Crippen molar-refractivity contribution in [2.75, 3.05) is 13.1 Å². The molecular formula is C9H21N3O. The van der Waals surface area contributed by atoms with Gasteiger partial charge in [0.1, 0.15) is 0 Å². The number of nitrogens with one attached hydrogen (secondary N) is 2. The number of hydrogen-bond acceptors (Lipinski definition) is 2. The molecule has 0 aromatic heterocycles. The van der Waals surface area contributed by atoms with Gasteiger partial charge in [-0.15, -0.1) is 0 Å². The van der Waals surface area contributed by atoms with E-state index in [0.29, 0.717) is 6.54 Å². The molecule has 4 N–H and O–H groups in total. The van der Waals surface area contributed by atoms with Gasteiger partial charge in [-0.1, -0.05) is 6.92 Å². The Kier molecular flexibility index (Phi) is 7.39. The van der Waals surface area contributed by atoms with Gasteiger partial charge < -0.3 is 16.4 Å². The van der Waals surface area contributed by atoms with Crippen LogP contribution in [0.5, 0.6) is 0 Å². The monoisotopic (exact) mass is 187 g/mol. The van der Waals surface area contributed by atoms with E-state index in [9.17, 15) is 4.79 Å². The summed E-state index contributed by atoms with van der Waals surface area (Å²) in [5.41, 5.74) is 5.56. The average Bonchev–Trinajstić information content (AvgIpc) is 2.08. The summed E-state index contributed by atoms with van der Waals surface area (Å²) in [6.07, 6.45) is 2.86. The molecule has 1 unspecified atom stereocenters. The summed E-state index contributed by atoms with van der Waals surface area (Å²) in [7, 11) is 0. The van der Waals surface area contributed by atoms with Crippen molar-refractivity contribution >= 4 is 6.03 Å². The Morgan fingerprint density at radius 3 is 2.54 bits per heavy atom. The Balaban J connectivity index is 3.17. The van der Waals surface area contributed by atoms with Crippen molar-refractivity contribution in [3.63, 3.8) is 0 Å². The maximum Gasteiger partial charge on any atom is 0.314 e. The minimum Gasteiger partial charge on any atom is -0.338 e. The van der Waals surface area contributed by atoms with E-state index in [1.54, 1.807) is 0 Å². The molecule has 4 nitrogen and oxygen atoms in total. The highest BCUT2D eigenvalue weighted by molar-refractivity contribution is 5.73. The van der Waals surface area contributed by atoms with E-state index in [2.05, 4.69) is 10.6 Å². The van der Waals surface area contributed by atoms with E-state index in [0.717, 1.165) is 25.8 Å². The maximum atomic E-state index is 11.0. The molecule has 0 aromatic carbocycles. The molecule has 0 spiro atoms. The van der Waals surface area contributed by atoms with Crippen molar-refractivity contribution in [3.8, 4) is 0 Å². The Hall–Kier alpha value is -0.770. The fourth-order valence-electron chi connectivity index (χ4n) is 0.927. The number of nitrogens with two attached hydrogens (primary N) is 1. The second-order valence-corrected chi connectivity index (χ2v) is 3.30. The Morgan fingerprint density at radius 2 is 2.00 bits per heavy atom. The minimum atomic E-state index is -0.0773. The van der Waals surface area contributed by atoms with Crippen LogP contribution in [0.2, 0.25) is 0 Å². The fraction of sp³-hybridized carbons (Fsp3) is 0.889. The molecule has 78 valence electrons. The topological polar surface area (TPSA) is 67.2 Å². The lowest BCUT2D eigenvalue weighted by molar-refractivity contribution is 0.240. The molecule has 0 aromatic rings. The molecule has 1 atom stereocenters. The first-order valence-electron chi connectivity index (χ1n) is 4.94. The van der Waals surface area contributed by atoms with Crippen LogP contribution in [-0.2, 0) is 0 Å². The first-order chi connectivity index (χ1) is 6.16. The molecule has 0 radical (unpaired) electrons. The summed E-state index contributed by atoms with van der Waals surface area (Å²) in [4.78, 5) is 11.0. The fourth-order valence-corrected chi connectivity index (χ4v) is 0.927. The molecule has 0 saturated carbocycles. The zero-order valence-electron chi connectivity index (χ0n) is 8.60. The van der Waals surface area contributed by atoms with Crippen LogP contribution in [0.4, 0.5) is 4.79 Å². The lowest BCUT2D eigenvalue weighted by Gasteiger charge is -2.07. The van der Waals surface area contributed by atoms with Crippen LogP contribution in [0, 0.1) is 0 Å². The summed E-state index contributed by atoms with van der Waals surface area (Å²) >= 11 is 0. The van der Waals surface area contributed by atoms with Gasteiger partial charge in [0.2, 0.25) is 0 Å². The lowest BCUT2D eigenvalue weighted by Crippen LogP contribution is -2.36. The van der Waals surface area contributed by atoms with Gasteiger partial charge in [0, 0.05) is 19.1 Å². The van der Waals surface area contributed by atoms with E-state index in [-0.39, 0.29) is 12.1 Å². The molecule has 0 fully saturated rings. The Labute approximate surface area is 80.3 Å². The molecule has 0 bridgehead atoms. The maximum absolute atomic E-state index is 11.0. The number of amides is 2. The second kappa shape index (κ2) is 7.86. The predicted octanol–water partition coefficient (Wildman–Crippen LogP) is 0.823. The van der Waals surface area contributed by atoms with Crippen LogP contribution in [0.3, 0.4) is 0 Å². The Morgan fingerprint density at radius 1 is 1.38 bits per heavy atom. The third kappa shape index (κ3) is 9.14. The van der Waals surface area contributed by atoms with Gasteiger partial charge >= 0.3 is 6.03 Å². The van der Waals surface area contributed by atoms with Crippen LogP contribution in [-0.4, -0.2) is 25.2 Å². The van der Waals surface area contributed by atoms with Gasteiger partial charge in [0.15, 0.2) is 0 Å². The zero-order valence-corrected chi connectivity index (χ0v) is 8.60. The summed E-state index contributed by atoms with van der Waals surface area (Å²) in [5, 5.41) is 5.51. The molecule has 0 heterocycles. The predicted molar refractivity (Wildman–Crippen MR) is 54.6 cm³/mol. The molecule has 0 aliphatic carbocycles. The van der Waals surface area contributed by atoms with E-state index < -0.39 is 0 Å². The largest absolute Gasteiger partial charge is 0.338 e. The van der Waals surface area contributed by atoms with Crippen molar-refractivity contribution in [3.05, 3.63) is 0 Å². The third-order valence-electron chi connectivity index (χ3n) is 1.66. The summed E-state index contributed by atoms with van der Waals surface area (Å²) in [6, 6.07) is 0.145. The zero-order chi connectivity index (χ0) is 10.1. The number of urea groups is 1. The van der Waals surface area contributed by atoms with E-state index in [4.69, 9.17) is 5.73 Å². The van der Waals surface area contributed by atoms with Crippen LogP contribution < -0.4 is 16.4 Å². The third-order valence-corrected chi connectivity index (χ3v) is 1.66. The molecule has 2 amide bonds. The van der Waals surface area contributed by atoms with Crippen molar-refractivity contribution in [2.24, 2.45) is 5.73 Å². The smallest absolute Gasteiger partial charge is 0.314 e. The number of hydrogen-bond donors (Lipinski definition) is 3. The normalized spacial score (nSPS) is 12.2. The lowest BCUT2D eigenvalue weighted by atomic mass is 10.2.